The molecule has 0 bridgehead atoms. The third-order valence-corrected chi connectivity index (χ3v) is 4.00. The molecule has 0 saturated carbocycles. The molecule has 1 rings (SSSR count). The van der Waals surface area contributed by atoms with Crippen molar-refractivity contribution in [3.8, 4) is 0 Å². The number of pyridine rings is 1. The molecule has 102 valence electrons. The highest BCUT2D eigenvalue weighted by molar-refractivity contribution is 9.10. The van der Waals surface area contributed by atoms with Crippen molar-refractivity contribution >= 4 is 31.8 Å². The molecule has 0 aliphatic rings. The Hall–Kier alpha value is -0.700. The van der Waals surface area contributed by atoms with Gasteiger partial charge in [0.05, 0.1) is 6.61 Å². The van der Waals surface area contributed by atoms with E-state index in [2.05, 4.69) is 31.0 Å². The molecule has 0 aliphatic carbocycles. The second-order valence-corrected chi connectivity index (χ2v) is 6.00. The van der Waals surface area contributed by atoms with Gasteiger partial charge in [0.25, 0.3) is 0 Å². The first-order valence-corrected chi connectivity index (χ1v) is 7.69. The Morgan fingerprint density at radius 3 is 2.83 bits per heavy atom. The molecule has 0 aromatic carbocycles. The van der Waals surface area contributed by atoms with Gasteiger partial charge in [0.1, 0.15) is 10.7 Å². The van der Waals surface area contributed by atoms with E-state index in [1.54, 1.807) is 7.05 Å². The van der Waals surface area contributed by atoms with E-state index >= 15 is 0 Å². The van der Waals surface area contributed by atoms with Crippen molar-refractivity contribution in [3.63, 3.8) is 0 Å². The van der Waals surface area contributed by atoms with Gasteiger partial charge in [-0.2, -0.15) is 0 Å². The summed E-state index contributed by atoms with van der Waals surface area (Å²) in [6.45, 7) is 2.98. The third-order valence-electron chi connectivity index (χ3n) is 2.09. The van der Waals surface area contributed by atoms with Crippen molar-refractivity contribution in [1.29, 1.82) is 0 Å². The Balaban J connectivity index is 2.87. The molecule has 0 radical (unpaired) electrons. The van der Waals surface area contributed by atoms with Crippen LogP contribution in [0.15, 0.2) is 21.6 Å². The van der Waals surface area contributed by atoms with E-state index in [9.17, 15) is 8.42 Å². The van der Waals surface area contributed by atoms with Gasteiger partial charge in [0, 0.05) is 30.9 Å². The number of hydrogen-bond acceptors (Lipinski definition) is 5. The predicted molar refractivity (Wildman–Crippen MR) is 73.2 cm³/mol. The number of sulfonamides is 1. The first-order chi connectivity index (χ1) is 8.51. The minimum absolute atomic E-state index is 0.107. The summed E-state index contributed by atoms with van der Waals surface area (Å²) in [5.74, 6) is 0.308. The molecule has 0 fully saturated rings. The van der Waals surface area contributed by atoms with Gasteiger partial charge in [0.15, 0.2) is 0 Å². The van der Waals surface area contributed by atoms with Crippen molar-refractivity contribution in [2.45, 2.75) is 11.8 Å². The summed E-state index contributed by atoms with van der Waals surface area (Å²) in [6.07, 6.45) is 1.53. The van der Waals surface area contributed by atoms with Gasteiger partial charge in [-0.25, -0.2) is 18.1 Å². The van der Waals surface area contributed by atoms with Gasteiger partial charge < -0.3 is 10.1 Å². The topological polar surface area (TPSA) is 80.3 Å². The fraction of sp³-hybridized carbons (Fsp3) is 0.500. The first-order valence-electron chi connectivity index (χ1n) is 5.42. The third kappa shape index (κ3) is 4.20. The van der Waals surface area contributed by atoms with E-state index in [0.29, 0.717) is 23.5 Å². The zero-order chi connectivity index (χ0) is 13.6. The number of anilines is 1. The van der Waals surface area contributed by atoms with Gasteiger partial charge in [-0.15, -0.1) is 0 Å². The number of rotatable bonds is 7. The monoisotopic (exact) mass is 337 g/mol. The lowest BCUT2D eigenvalue weighted by molar-refractivity contribution is 0.153. The SMILES string of the molecule is CCOCCNS(=O)(=O)c1cc(Br)cnc1NC. The normalized spacial score (nSPS) is 11.5. The molecule has 18 heavy (non-hydrogen) atoms. The van der Waals surface area contributed by atoms with Crippen LogP contribution >= 0.6 is 15.9 Å². The molecular formula is C10H16BrN3O3S. The van der Waals surface area contributed by atoms with Gasteiger partial charge in [0.2, 0.25) is 10.0 Å². The van der Waals surface area contributed by atoms with Gasteiger partial charge in [-0.1, -0.05) is 0 Å². The van der Waals surface area contributed by atoms with Crippen LogP contribution in [0.25, 0.3) is 0 Å². The van der Waals surface area contributed by atoms with Crippen LogP contribution in [0.3, 0.4) is 0 Å². The maximum absolute atomic E-state index is 12.1. The average molecular weight is 338 g/mol. The molecular weight excluding hydrogens is 322 g/mol. The van der Waals surface area contributed by atoms with E-state index in [0.717, 1.165) is 0 Å². The van der Waals surface area contributed by atoms with Crippen molar-refractivity contribution in [3.05, 3.63) is 16.7 Å². The molecule has 2 N–H and O–H groups in total. The van der Waals surface area contributed by atoms with Crippen LogP contribution in [0.1, 0.15) is 6.92 Å². The molecule has 0 aliphatic heterocycles. The van der Waals surface area contributed by atoms with Crippen LogP contribution in [0.5, 0.6) is 0 Å². The van der Waals surface area contributed by atoms with E-state index in [4.69, 9.17) is 4.74 Å². The Kier molecular flexibility index (Phi) is 6.00. The summed E-state index contributed by atoms with van der Waals surface area (Å²) in [6, 6.07) is 1.50. The van der Waals surface area contributed by atoms with E-state index < -0.39 is 10.0 Å². The highest BCUT2D eigenvalue weighted by Crippen LogP contribution is 2.22. The minimum atomic E-state index is -3.59. The van der Waals surface area contributed by atoms with E-state index in [-0.39, 0.29) is 11.4 Å². The second kappa shape index (κ2) is 7.03. The van der Waals surface area contributed by atoms with Crippen LogP contribution in [0.2, 0.25) is 0 Å². The summed E-state index contributed by atoms with van der Waals surface area (Å²) in [7, 11) is -1.97. The molecule has 6 nitrogen and oxygen atoms in total. The maximum Gasteiger partial charge on any atom is 0.244 e. The lowest BCUT2D eigenvalue weighted by atomic mass is 10.4. The predicted octanol–water partition coefficient (Wildman–Crippen LogP) is 1.20. The average Bonchev–Trinajstić information content (AvgIpc) is 2.35. The van der Waals surface area contributed by atoms with Crippen molar-refractivity contribution in [2.24, 2.45) is 0 Å². The lowest BCUT2D eigenvalue weighted by Crippen LogP contribution is -2.28. The Bertz CT molecular complexity index is 493. The highest BCUT2D eigenvalue weighted by Gasteiger charge is 2.19. The molecule has 0 atom stereocenters. The summed E-state index contributed by atoms with van der Waals surface area (Å²) in [5, 5.41) is 2.75. The number of hydrogen-bond donors (Lipinski definition) is 2. The largest absolute Gasteiger partial charge is 0.380 e. The Morgan fingerprint density at radius 2 is 2.22 bits per heavy atom. The Labute approximate surface area is 115 Å². The van der Waals surface area contributed by atoms with Gasteiger partial charge in [-0.3, -0.25) is 0 Å². The first kappa shape index (κ1) is 15.4. The summed E-state index contributed by atoms with van der Waals surface area (Å²) in [4.78, 5) is 4.11. The summed E-state index contributed by atoms with van der Waals surface area (Å²) >= 11 is 3.20. The number of nitrogens with zero attached hydrogens (tertiary/aromatic N) is 1. The fourth-order valence-corrected chi connectivity index (χ4v) is 2.97. The fourth-order valence-electron chi connectivity index (χ4n) is 1.28. The van der Waals surface area contributed by atoms with Crippen LogP contribution in [-0.4, -0.2) is 40.2 Å². The highest BCUT2D eigenvalue weighted by atomic mass is 79.9. The lowest BCUT2D eigenvalue weighted by Gasteiger charge is -2.10. The number of ether oxygens (including phenoxy) is 1. The molecule has 1 aromatic heterocycles. The molecule has 1 aromatic rings. The van der Waals surface area contributed by atoms with E-state index in [1.165, 1.54) is 12.3 Å². The molecule has 0 spiro atoms. The number of aromatic nitrogens is 1. The Morgan fingerprint density at radius 1 is 1.50 bits per heavy atom. The number of halogens is 1. The maximum atomic E-state index is 12.1. The number of nitrogens with one attached hydrogen (secondary N) is 2. The molecule has 0 saturated heterocycles. The van der Waals surface area contributed by atoms with Crippen LogP contribution in [-0.2, 0) is 14.8 Å². The zero-order valence-electron chi connectivity index (χ0n) is 10.2. The van der Waals surface area contributed by atoms with Crippen molar-refractivity contribution in [1.82, 2.24) is 9.71 Å². The van der Waals surface area contributed by atoms with Gasteiger partial charge in [-0.05, 0) is 28.9 Å². The minimum Gasteiger partial charge on any atom is -0.380 e. The zero-order valence-corrected chi connectivity index (χ0v) is 12.6. The van der Waals surface area contributed by atoms with E-state index in [1.807, 2.05) is 6.92 Å². The molecule has 8 heteroatoms. The molecule has 0 amide bonds. The van der Waals surface area contributed by atoms with Crippen molar-refractivity contribution in [2.75, 3.05) is 32.1 Å². The van der Waals surface area contributed by atoms with Crippen LogP contribution in [0, 0.1) is 0 Å². The molecule has 1 heterocycles. The summed E-state index contributed by atoms with van der Waals surface area (Å²) < 4.78 is 32.3. The van der Waals surface area contributed by atoms with Crippen LogP contribution in [0.4, 0.5) is 5.82 Å². The second-order valence-electron chi connectivity index (χ2n) is 3.34. The van der Waals surface area contributed by atoms with Crippen molar-refractivity contribution < 1.29 is 13.2 Å². The quantitative estimate of drug-likeness (QED) is 0.731. The standard InChI is InChI=1S/C10H16BrN3O3S/c1-3-17-5-4-14-18(15,16)9-6-8(11)7-13-10(9)12-2/h6-7,14H,3-5H2,1-2H3,(H,12,13). The molecule has 0 unspecified atom stereocenters. The summed E-state index contributed by atoms with van der Waals surface area (Å²) in [5.41, 5.74) is 0. The van der Waals surface area contributed by atoms with Crippen LogP contribution < -0.4 is 10.0 Å². The van der Waals surface area contributed by atoms with Gasteiger partial charge >= 0.3 is 0 Å². The smallest absolute Gasteiger partial charge is 0.244 e.